The molecule has 4 bridgehead atoms. The molecule has 0 spiro atoms. The van der Waals surface area contributed by atoms with Crippen molar-refractivity contribution in [2.24, 2.45) is 0 Å². The molecule has 5 aliphatic heterocycles. The topological polar surface area (TPSA) is 33.2 Å². The van der Waals surface area contributed by atoms with Gasteiger partial charge in [0.05, 0.1) is 0 Å². The number of piperidine rings is 4. The zero-order chi connectivity index (χ0) is 6.55. The van der Waals surface area contributed by atoms with Crippen LogP contribution in [0.15, 0.2) is 0 Å². The van der Waals surface area contributed by atoms with Crippen LogP contribution in [0.4, 0.5) is 0 Å². The fraction of sp³-hybridized carbons (Fsp3) is 1.00. The Morgan fingerprint density at radius 3 is 1.00 bits per heavy atom. The molecule has 2 nitrogen and oxygen atoms in total. The van der Waals surface area contributed by atoms with E-state index in [-0.39, 0.29) is 24.8 Å². The van der Waals surface area contributed by atoms with Gasteiger partial charge in [0.2, 0.25) is 0 Å². The van der Waals surface area contributed by atoms with E-state index in [9.17, 15) is 0 Å². The SMILES string of the molecule is C1C[C@@H]2[NH2+][C@H]3CC[C@@H]2[NH2+][C@@H]13.[Cl-].[Cl-]. The molecule has 5 rings (SSSR count). The van der Waals surface area contributed by atoms with Crippen LogP contribution < -0.4 is 35.4 Å². The van der Waals surface area contributed by atoms with Gasteiger partial charge in [0, 0.05) is 25.7 Å². The first-order chi connectivity index (χ1) is 4.93. The van der Waals surface area contributed by atoms with Gasteiger partial charge in [-0.3, -0.25) is 0 Å². The van der Waals surface area contributed by atoms with Crippen LogP contribution in [0.5, 0.6) is 0 Å². The first kappa shape index (κ1) is 10.6. The first-order valence-electron chi connectivity index (χ1n) is 4.63. The molecule has 0 amide bonds. The summed E-state index contributed by atoms with van der Waals surface area (Å²) < 4.78 is 0. The summed E-state index contributed by atoms with van der Waals surface area (Å²) in [6.45, 7) is 0. The van der Waals surface area contributed by atoms with Crippen molar-refractivity contribution in [2.45, 2.75) is 49.9 Å². The third-order valence-electron chi connectivity index (χ3n) is 3.76. The second-order valence-corrected chi connectivity index (χ2v) is 4.20. The average molecular weight is 211 g/mol. The normalized spacial score (nSPS) is 48.0. The van der Waals surface area contributed by atoms with Gasteiger partial charge in [-0.05, 0) is 0 Å². The molecule has 0 radical (unpaired) electrons. The minimum absolute atomic E-state index is 0. The summed E-state index contributed by atoms with van der Waals surface area (Å²) in [5.41, 5.74) is 0. The summed E-state index contributed by atoms with van der Waals surface area (Å²) in [5, 5.41) is 5.31. The molecule has 4 N–H and O–H groups in total. The Balaban J connectivity index is 0.000000360. The van der Waals surface area contributed by atoms with Gasteiger partial charge in [-0.25, -0.2) is 0 Å². The van der Waals surface area contributed by atoms with E-state index in [1.807, 2.05) is 0 Å². The lowest BCUT2D eigenvalue weighted by Gasteiger charge is -2.47. The first-order valence-corrected chi connectivity index (χ1v) is 4.63. The Hall–Kier alpha value is 0.500. The predicted molar refractivity (Wildman–Crippen MR) is 37.5 cm³/mol. The van der Waals surface area contributed by atoms with Crippen LogP contribution in [0.2, 0.25) is 0 Å². The highest BCUT2D eigenvalue weighted by Crippen LogP contribution is 2.22. The molecule has 72 valence electrons. The van der Waals surface area contributed by atoms with Gasteiger partial charge in [-0.15, -0.1) is 0 Å². The van der Waals surface area contributed by atoms with E-state index in [0.717, 1.165) is 24.2 Å². The van der Waals surface area contributed by atoms with Crippen LogP contribution >= 0.6 is 0 Å². The van der Waals surface area contributed by atoms with Crippen LogP contribution in [0.3, 0.4) is 0 Å². The van der Waals surface area contributed by atoms with Crippen LogP contribution in [0.25, 0.3) is 0 Å². The monoisotopic (exact) mass is 210 g/mol. The Kier molecular flexibility index (Phi) is 3.27. The van der Waals surface area contributed by atoms with E-state index in [0.29, 0.717) is 0 Å². The highest BCUT2D eigenvalue weighted by Gasteiger charge is 2.52. The van der Waals surface area contributed by atoms with Crippen molar-refractivity contribution >= 4 is 0 Å². The second-order valence-electron chi connectivity index (χ2n) is 4.20. The summed E-state index contributed by atoms with van der Waals surface area (Å²) in [5.74, 6) is 0. The smallest absolute Gasteiger partial charge is 0.139 e. The van der Waals surface area contributed by atoms with Crippen molar-refractivity contribution in [1.82, 2.24) is 0 Å². The number of hydrogen-bond donors (Lipinski definition) is 2. The summed E-state index contributed by atoms with van der Waals surface area (Å²) in [7, 11) is 0. The maximum Gasteiger partial charge on any atom is 0.139 e. The number of fused-ring (bicyclic) bond motifs is 2. The molecule has 5 saturated heterocycles. The molecule has 0 aromatic carbocycles. The summed E-state index contributed by atoms with van der Waals surface area (Å²) in [4.78, 5) is 0. The molecule has 4 heteroatoms. The molecular formula is C8H16Cl2N2. The number of rotatable bonds is 0. The van der Waals surface area contributed by atoms with Crippen molar-refractivity contribution in [3.05, 3.63) is 0 Å². The van der Waals surface area contributed by atoms with Crippen molar-refractivity contribution in [3.8, 4) is 0 Å². The van der Waals surface area contributed by atoms with Crippen molar-refractivity contribution in [1.29, 1.82) is 0 Å². The Morgan fingerprint density at radius 2 is 0.833 bits per heavy atom. The van der Waals surface area contributed by atoms with Gasteiger partial charge in [-0.1, -0.05) is 0 Å². The summed E-state index contributed by atoms with van der Waals surface area (Å²) in [6, 6.07) is 4.01. The Morgan fingerprint density at radius 1 is 0.583 bits per heavy atom. The van der Waals surface area contributed by atoms with Crippen molar-refractivity contribution < 1.29 is 35.4 Å². The predicted octanol–water partition coefficient (Wildman–Crippen LogP) is -7.80. The molecule has 5 aliphatic rings. The lowest BCUT2D eigenvalue weighted by molar-refractivity contribution is -0.901. The second kappa shape index (κ2) is 3.70. The Bertz CT molecular complexity index is 131. The molecule has 12 heavy (non-hydrogen) atoms. The lowest BCUT2D eigenvalue weighted by atomic mass is 9.75. The lowest BCUT2D eigenvalue weighted by Crippen LogP contribution is -3.21. The van der Waals surface area contributed by atoms with E-state index in [1.54, 1.807) is 0 Å². The van der Waals surface area contributed by atoms with E-state index < -0.39 is 0 Å². The zero-order valence-corrected chi connectivity index (χ0v) is 8.56. The van der Waals surface area contributed by atoms with Crippen LogP contribution in [-0.2, 0) is 0 Å². The quantitative estimate of drug-likeness (QED) is 0.399. The van der Waals surface area contributed by atoms with E-state index in [2.05, 4.69) is 10.6 Å². The standard InChI is InChI=1S/C8H14N2.2ClH/c1-2-6-8-4-3-7(10-6)5(1)9-8;;/h5-10H,1-4H2;2*1H/t5-,6-,7-,8-;;/m0../s1. The number of halogens is 2. The van der Waals surface area contributed by atoms with E-state index in [1.165, 1.54) is 25.7 Å². The Labute approximate surface area is 85.7 Å². The molecule has 0 aromatic rings. The molecule has 0 saturated carbocycles. The molecule has 4 atom stereocenters. The molecule has 5 heterocycles. The largest absolute Gasteiger partial charge is 1.00 e. The van der Waals surface area contributed by atoms with Gasteiger partial charge < -0.3 is 35.4 Å². The molecular weight excluding hydrogens is 195 g/mol. The number of hydrogen-bond acceptors (Lipinski definition) is 0. The fourth-order valence-corrected chi connectivity index (χ4v) is 3.22. The van der Waals surface area contributed by atoms with Gasteiger partial charge in [0.15, 0.2) is 0 Å². The number of piperazine rings is 1. The third kappa shape index (κ3) is 1.35. The van der Waals surface area contributed by atoms with Crippen molar-refractivity contribution in [3.63, 3.8) is 0 Å². The van der Waals surface area contributed by atoms with Crippen LogP contribution in [0, 0.1) is 0 Å². The number of quaternary nitrogens is 2. The average Bonchev–Trinajstić information content (AvgIpc) is 2.05. The van der Waals surface area contributed by atoms with Crippen LogP contribution in [-0.4, -0.2) is 24.2 Å². The van der Waals surface area contributed by atoms with Gasteiger partial charge in [0.1, 0.15) is 24.2 Å². The third-order valence-corrected chi connectivity index (χ3v) is 3.76. The maximum atomic E-state index is 2.66. The van der Waals surface area contributed by atoms with Crippen LogP contribution in [0.1, 0.15) is 25.7 Å². The van der Waals surface area contributed by atoms with Gasteiger partial charge >= 0.3 is 0 Å². The fourth-order valence-electron chi connectivity index (χ4n) is 3.22. The highest BCUT2D eigenvalue weighted by atomic mass is 35.5. The minimum atomic E-state index is 0. The summed E-state index contributed by atoms with van der Waals surface area (Å²) in [6.07, 6.45) is 6.01. The van der Waals surface area contributed by atoms with Gasteiger partial charge in [0.25, 0.3) is 0 Å². The molecule has 0 aromatic heterocycles. The minimum Gasteiger partial charge on any atom is -1.00 e. The molecule has 5 fully saturated rings. The summed E-state index contributed by atoms with van der Waals surface area (Å²) >= 11 is 0. The van der Waals surface area contributed by atoms with Crippen molar-refractivity contribution in [2.75, 3.05) is 0 Å². The van der Waals surface area contributed by atoms with E-state index >= 15 is 0 Å². The van der Waals surface area contributed by atoms with Gasteiger partial charge in [-0.2, -0.15) is 0 Å². The van der Waals surface area contributed by atoms with E-state index in [4.69, 9.17) is 0 Å². The maximum absolute atomic E-state index is 2.66. The highest BCUT2D eigenvalue weighted by molar-refractivity contribution is 4.88. The zero-order valence-electron chi connectivity index (χ0n) is 7.05. The molecule has 0 unspecified atom stereocenters. The molecule has 0 aliphatic carbocycles. The number of nitrogens with two attached hydrogens (primary N) is 2.